The maximum atomic E-state index is 11.6. The number of halogens is 1. The lowest BCUT2D eigenvalue weighted by atomic mass is 10.3. The van der Waals surface area contributed by atoms with Crippen molar-refractivity contribution in [3.05, 3.63) is 32.8 Å². The molecule has 11 heteroatoms. The van der Waals surface area contributed by atoms with Gasteiger partial charge in [0.2, 0.25) is 20.0 Å². The van der Waals surface area contributed by atoms with Gasteiger partial charge in [-0.15, -0.1) is 0 Å². The fourth-order valence-electron chi connectivity index (χ4n) is 1.36. The zero-order valence-electron chi connectivity index (χ0n) is 9.77. The lowest BCUT2D eigenvalue weighted by Gasteiger charge is -2.20. The first-order chi connectivity index (χ1) is 8.44. The van der Waals surface area contributed by atoms with Crippen LogP contribution in [-0.4, -0.2) is 34.3 Å². The Hall–Kier alpha value is -1.20. The molecule has 1 aromatic rings. The van der Waals surface area contributed by atoms with Crippen molar-refractivity contribution in [3.63, 3.8) is 0 Å². The van der Waals surface area contributed by atoms with E-state index in [-0.39, 0.29) is 13.9 Å². The molecule has 0 fully saturated rings. The zero-order chi connectivity index (χ0) is 15.0. The molecule has 0 aliphatic rings. The summed E-state index contributed by atoms with van der Waals surface area (Å²) in [5.74, 6) is 0. The van der Waals surface area contributed by atoms with Gasteiger partial charge in [-0.3, -0.25) is 10.1 Å². The first-order valence-electron chi connectivity index (χ1n) is 4.59. The van der Waals surface area contributed by atoms with Crippen LogP contribution in [0.3, 0.4) is 0 Å². The number of sulfonamides is 2. The Labute approximate surface area is 118 Å². The van der Waals surface area contributed by atoms with Gasteiger partial charge in [-0.1, -0.05) is 0 Å². The van der Waals surface area contributed by atoms with E-state index >= 15 is 0 Å². The molecule has 0 spiro atoms. The summed E-state index contributed by atoms with van der Waals surface area (Å²) < 4.78 is 46.5. The van der Waals surface area contributed by atoms with Crippen molar-refractivity contribution >= 4 is 47.4 Å². The third-order valence-corrected chi connectivity index (χ3v) is 5.83. The summed E-state index contributed by atoms with van der Waals surface area (Å²) in [5.41, 5.74) is -0.755. The van der Waals surface area contributed by atoms with Crippen LogP contribution in [0.5, 0.6) is 0 Å². The minimum atomic E-state index is -4.15. The van der Waals surface area contributed by atoms with E-state index in [2.05, 4.69) is 15.9 Å². The van der Waals surface area contributed by atoms with Gasteiger partial charge >= 0.3 is 0 Å². The molecule has 0 bridgehead atoms. The Bertz CT molecular complexity index is 696. The molecule has 0 atom stereocenters. The topological polar surface area (TPSA) is 115 Å². The minimum absolute atomic E-state index is 0.106. The fourth-order valence-corrected chi connectivity index (χ4v) is 5.00. The Morgan fingerprint density at radius 3 is 2.00 bits per heavy atom. The predicted octanol–water partition coefficient (Wildman–Crippen LogP) is 1.08. The van der Waals surface area contributed by atoms with Crippen LogP contribution in [0.1, 0.15) is 0 Å². The number of non-ortho nitro benzene ring substituents is 1. The molecule has 1 rings (SSSR count). The molecule has 0 aromatic heterocycles. The van der Waals surface area contributed by atoms with E-state index in [4.69, 9.17) is 0 Å². The number of nitro groups is 1. The number of hydrogen-bond donors (Lipinski definition) is 0. The number of nitrogens with zero attached hydrogens (tertiary/aromatic N) is 2. The predicted molar refractivity (Wildman–Crippen MR) is 73.0 cm³/mol. The van der Waals surface area contributed by atoms with Crippen molar-refractivity contribution in [2.45, 2.75) is 0 Å². The first-order valence-corrected chi connectivity index (χ1v) is 9.08. The van der Waals surface area contributed by atoms with Crippen LogP contribution in [0, 0.1) is 10.1 Å². The van der Waals surface area contributed by atoms with Gasteiger partial charge in [-0.25, -0.2) is 16.8 Å². The standard InChI is InChI=1S/C8H9BrN2O6S2/c1-18(14,15)11(19(2,16)17)8-5-6(10(12)13)3-4-7(8)9/h3-5H,1-2H3. The highest BCUT2D eigenvalue weighted by Gasteiger charge is 2.30. The first kappa shape index (κ1) is 15.9. The van der Waals surface area contributed by atoms with E-state index in [0.717, 1.165) is 12.1 Å². The summed E-state index contributed by atoms with van der Waals surface area (Å²) in [6.45, 7) is 0. The Kier molecular flexibility index (Phi) is 4.22. The molecule has 19 heavy (non-hydrogen) atoms. The lowest BCUT2D eigenvalue weighted by molar-refractivity contribution is -0.384. The average Bonchev–Trinajstić information content (AvgIpc) is 2.16. The van der Waals surface area contributed by atoms with Gasteiger partial charge < -0.3 is 0 Å². The largest absolute Gasteiger partial charge is 0.271 e. The van der Waals surface area contributed by atoms with Crippen molar-refractivity contribution in [3.8, 4) is 0 Å². The van der Waals surface area contributed by atoms with Gasteiger partial charge in [-0.05, 0) is 22.0 Å². The summed E-state index contributed by atoms with van der Waals surface area (Å²) >= 11 is 2.97. The van der Waals surface area contributed by atoms with Crippen molar-refractivity contribution in [1.29, 1.82) is 0 Å². The smallest absolute Gasteiger partial charge is 0.258 e. The molecule has 0 unspecified atom stereocenters. The Morgan fingerprint density at radius 1 is 1.16 bits per heavy atom. The van der Waals surface area contributed by atoms with Crippen molar-refractivity contribution in [1.82, 2.24) is 0 Å². The molecule has 0 aliphatic carbocycles. The molecule has 0 aliphatic heterocycles. The van der Waals surface area contributed by atoms with Crippen LogP contribution in [-0.2, 0) is 20.0 Å². The van der Waals surface area contributed by atoms with Gasteiger partial charge in [0.15, 0.2) is 0 Å². The Morgan fingerprint density at radius 2 is 1.63 bits per heavy atom. The highest BCUT2D eigenvalue weighted by atomic mass is 79.9. The van der Waals surface area contributed by atoms with Gasteiger partial charge in [-0.2, -0.15) is 3.71 Å². The van der Waals surface area contributed by atoms with Crippen LogP contribution in [0.2, 0.25) is 0 Å². The average molecular weight is 373 g/mol. The van der Waals surface area contributed by atoms with Gasteiger partial charge in [0, 0.05) is 16.6 Å². The van der Waals surface area contributed by atoms with Gasteiger partial charge in [0.25, 0.3) is 5.69 Å². The molecule has 0 N–H and O–H groups in total. The molecule has 106 valence electrons. The van der Waals surface area contributed by atoms with E-state index in [0.29, 0.717) is 12.5 Å². The summed E-state index contributed by atoms with van der Waals surface area (Å²) in [7, 11) is -8.30. The lowest BCUT2D eigenvalue weighted by Crippen LogP contribution is -2.35. The SMILES string of the molecule is CS(=O)(=O)N(c1cc([N+](=O)[O-])ccc1Br)S(C)(=O)=O. The highest BCUT2D eigenvalue weighted by Crippen LogP contribution is 2.33. The molecule has 0 amide bonds. The monoisotopic (exact) mass is 372 g/mol. The summed E-state index contributed by atoms with van der Waals surface area (Å²) in [5, 5.41) is 10.7. The molecule has 8 nitrogen and oxygen atoms in total. The molecule has 0 heterocycles. The third-order valence-electron chi connectivity index (χ3n) is 1.94. The number of rotatable bonds is 4. The van der Waals surface area contributed by atoms with Crippen LogP contribution < -0.4 is 3.71 Å². The van der Waals surface area contributed by atoms with E-state index in [1.165, 1.54) is 6.07 Å². The fraction of sp³-hybridized carbons (Fsp3) is 0.250. The summed E-state index contributed by atoms with van der Waals surface area (Å²) in [4.78, 5) is 9.91. The Balaban J connectivity index is 3.66. The molecular weight excluding hydrogens is 364 g/mol. The maximum Gasteiger partial charge on any atom is 0.271 e. The molecule has 0 saturated heterocycles. The van der Waals surface area contributed by atoms with Crippen LogP contribution in [0.15, 0.2) is 22.7 Å². The highest BCUT2D eigenvalue weighted by molar-refractivity contribution is 9.10. The van der Waals surface area contributed by atoms with Crippen molar-refractivity contribution < 1.29 is 21.8 Å². The third kappa shape index (κ3) is 3.64. The number of anilines is 1. The van der Waals surface area contributed by atoms with Crippen LogP contribution in [0.4, 0.5) is 11.4 Å². The number of hydrogen-bond acceptors (Lipinski definition) is 6. The van der Waals surface area contributed by atoms with Gasteiger partial charge in [0.05, 0.1) is 23.1 Å². The second kappa shape index (κ2) is 5.06. The van der Waals surface area contributed by atoms with Crippen molar-refractivity contribution in [2.75, 3.05) is 16.2 Å². The van der Waals surface area contributed by atoms with E-state index in [1.807, 2.05) is 0 Å². The molecule has 0 saturated carbocycles. The van der Waals surface area contributed by atoms with Crippen molar-refractivity contribution in [2.24, 2.45) is 0 Å². The second-order valence-electron chi connectivity index (χ2n) is 3.62. The summed E-state index contributed by atoms with van der Waals surface area (Å²) in [6.07, 6.45) is 1.39. The quantitative estimate of drug-likeness (QED) is 0.576. The minimum Gasteiger partial charge on any atom is -0.258 e. The number of benzene rings is 1. The molecule has 1 aromatic carbocycles. The maximum absolute atomic E-state index is 11.6. The van der Waals surface area contributed by atoms with Gasteiger partial charge in [0.1, 0.15) is 0 Å². The zero-order valence-corrected chi connectivity index (χ0v) is 13.0. The van der Waals surface area contributed by atoms with E-state index in [9.17, 15) is 26.9 Å². The summed E-state index contributed by atoms with van der Waals surface area (Å²) in [6, 6.07) is 3.19. The van der Waals surface area contributed by atoms with Crippen LogP contribution in [0.25, 0.3) is 0 Å². The normalized spacial score (nSPS) is 12.2. The molecule has 0 radical (unpaired) electrons. The van der Waals surface area contributed by atoms with E-state index in [1.54, 1.807) is 0 Å². The molecular formula is C8H9BrN2O6S2. The second-order valence-corrected chi connectivity index (χ2v) is 8.36. The van der Waals surface area contributed by atoms with E-state index < -0.39 is 30.7 Å². The van der Waals surface area contributed by atoms with Crippen LogP contribution >= 0.6 is 15.9 Å². The number of nitro benzene ring substituents is 1.